The lowest BCUT2D eigenvalue weighted by molar-refractivity contribution is -0.126. The molecule has 5 heteroatoms. The molecule has 2 aliphatic rings. The minimum Gasteiger partial charge on any atom is -0.353 e. The predicted molar refractivity (Wildman–Crippen MR) is 106 cm³/mol. The van der Waals surface area contributed by atoms with Crippen molar-refractivity contribution in [2.75, 3.05) is 52.4 Å². The van der Waals surface area contributed by atoms with E-state index < -0.39 is 0 Å². The molecule has 1 amide bonds. The number of hydrogen-bond acceptors (Lipinski definition) is 4. The van der Waals surface area contributed by atoms with Crippen LogP contribution < -0.4 is 10.6 Å². The first-order valence-electron chi connectivity index (χ1n) is 10.2. The van der Waals surface area contributed by atoms with Crippen LogP contribution in [0.1, 0.15) is 25.3 Å². The van der Waals surface area contributed by atoms with E-state index in [0.29, 0.717) is 0 Å². The lowest BCUT2D eigenvalue weighted by atomic mass is 9.89. The summed E-state index contributed by atoms with van der Waals surface area (Å²) in [5, 5.41) is 6.49. The number of nitrogens with zero attached hydrogens (tertiary/aromatic N) is 2. The smallest absolute Gasteiger partial charge is 0.237 e. The molecule has 0 aromatic heterocycles. The third-order valence-electron chi connectivity index (χ3n) is 5.88. The maximum atomic E-state index is 12.5. The summed E-state index contributed by atoms with van der Waals surface area (Å²) < 4.78 is 0. The summed E-state index contributed by atoms with van der Waals surface area (Å²) in [6.45, 7) is 10.1. The number of carbonyl (C=O) groups is 1. The fraction of sp³-hybridized carbons (Fsp3) is 0.667. The van der Waals surface area contributed by atoms with Crippen LogP contribution in [0.4, 0.5) is 0 Å². The van der Waals surface area contributed by atoms with E-state index in [1.165, 1.54) is 24.8 Å². The van der Waals surface area contributed by atoms with Crippen LogP contribution in [0.5, 0.6) is 0 Å². The van der Waals surface area contributed by atoms with Crippen molar-refractivity contribution in [3.05, 3.63) is 35.9 Å². The molecular weight excluding hydrogens is 324 g/mol. The number of nitrogens with one attached hydrogen (secondary N) is 2. The van der Waals surface area contributed by atoms with Crippen LogP contribution in [0.2, 0.25) is 0 Å². The molecule has 0 spiro atoms. The first-order valence-corrected chi connectivity index (χ1v) is 10.2. The van der Waals surface area contributed by atoms with Gasteiger partial charge in [-0.3, -0.25) is 14.6 Å². The van der Waals surface area contributed by atoms with Gasteiger partial charge in [0.25, 0.3) is 0 Å². The standard InChI is InChI=1S/C21H34N4O/c1-18(21(26)23-11-16-24-14-9-22-10-15-24)25-12-7-20(8-13-25)17-19-5-3-2-4-6-19/h2-6,18,20,22H,7-17H2,1H3,(H,23,26). The predicted octanol–water partition coefficient (Wildman–Crippen LogP) is 1.35. The Morgan fingerprint density at radius 2 is 1.85 bits per heavy atom. The summed E-state index contributed by atoms with van der Waals surface area (Å²) in [5.74, 6) is 0.929. The van der Waals surface area contributed by atoms with Crippen LogP contribution in [0, 0.1) is 5.92 Å². The summed E-state index contributed by atoms with van der Waals surface area (Å²) >= 11 is 0. The molecule has 26 heavy (non-hydrogen) atoms. The van der Waals surface area contributed by atoms with Crippen molar-refractivity contribution in [1.29, 1.82) is 0 Å². The number of amides is 1. The van der Waals surface area contributed by atoms with Crippen LogP contribution in [-0.2, 0) is 11.2 Å². The van der Waals surface area contributed by atoms with Gasteiger partial charge < -0.3 is 10.6 Å². The molecule has 3 rings (SSSR count). The molecule has 0 radical (unpaired) electrons. The Hall–Kier alpha value is -1.43. The molecule has 0 bridgehead atoms. The third kappa shape index (κ3) is 5.79. The van der Waals surface area contributed by atoms with Crippen LogP contribution in [-0.4, -0.2) is 74.1 Å². The number of rotatable bonds is 7. The molecule has 2 aliphatic heterocycles. The fourth-order valence-electron chi connectivity index (χ4n) is 4.08. The van der Waals surface area contributed by atoms with Gasteiger partial charge in [-0.15, -0.1) is 0 Å². The molecule has 0 aliphatic carbocycles. The molecule has 1 unspecified atom stereocenters. The SMILES string of the molecule is CC(C(=O)NCCN1CCNCC1)N1CCC(Cc2ccccc2)CC1. The Morgan fingerprint density at radius 3 is 2.54 bits per heavy atom. The zero-order chi connectivity index (χ0) is 18.2. The second-order valence-electron chi connectivity index (χ2n) is 7.73. The van der Waals surface area contributed by atoms with E-state index in [-0.39, 0.29) is 11.9 Å². The third-order valence-corrected chi connectivity index (χ3v) is 5.88. The highest BCUT2D eigenvalue weighted by atomic mass is 16.2. The number of benzene rings is 1. The monoisotopic (exact) mass is 358 g/mol. The van der Waals surface area contributed by atoms with E-state index in [1.807, 2.05) is 0 Å². The zero-order valence-electron chi connectivity index (χ0n) is 16.1. The van der Waals surface area contributed by atoms with Gasteiger partial charge in [-0.25, -0.2) is 0 Å². The van der Waals surface area contributed by atoms with Crippen molar-refractivity contribution < 1.29 is 4.79 Å². The highest BCUT2D eigenvalue weighted by molar-refractivity contribution is 5.81. The average molecular weight is 359 g/mol. The van der Waals surface area contributed by atoms with Crippen molar-refractivity contribution in [3.63, 3.8) is 0 Å². The van der Waals surface area contributed by atoms with Crippen LogP contribution in [0.15, 0.2) is 30.3 Å². The topological polar surface area (TPSA) is 47.6 Å². The van der Waals surface area contributed by atoms with Crippen molar-refractivity contribution in [1.82, 2.24) is 20.4 Å². The molecule has 5 nitrogen and oxygen atoms in total. The quantitative estimate of drug-likeness (QED) is 0.773. The Kier molecular flexibility index (Phi) is 7.47. The van der Waals surface area contributed by atoms with E-state index in [9.17, 15) is 4.79 Å². The molecule has 0 saturated carbocycles. The van der Waals surface area contributed by atoms with Crippen molar-refractivity contribution in [3.8, 4) is 0 Å². The number of piperazine rings is 1. The summed E-state index contributed by atoms with van der Waals surface area (Å²) in [4.78, 5) is 17.2. The molecule has 2 N–H and O–H groups in total. The second kappa shape index (κ2) is 10.0. The van der Waals surface area contributed by atoms with E-state index >= 15 is 0 Å². The Bertz CT molecular complexity index is 536. The molecule has 1 aromatic carbocycles. The van der Waals surface area contributed by atoms with Crippen molar-refractivity contribution in [2.24, 2.45) is 5.92 Å². The molecule has 2 heterocycles. The fourth-order valence-corrected chi connectivity index (χ4v) is 4.08. The van der Waals surface area contributed by atoms with Crippen molar-refractivity contribution in [2.45, 2.75) is 32.2 Å². The van der Waals surface area contributed by atoms with Crippen LogP contribution >= 0.6 is 0 Å². The summed E-state index contributed by atoms with van der Waals surface area (Å²) in [6.07, 6.45) is 3.54. The van der Waals surface area contributed by atoms with E-state index in [0.717, 1.165) is 58.3 Å². The largest absolute Gasteiger partial charge is 0.353 e. The summed E-state index contributed by atoms with van der Waals surface area (Å²) in [5.41, 5.74) is 1.43. The van der Waals surface area contributed by atoms with Crippen molar-refractivity contribution >= 4 is 5.91 Å². The molecule has 2 fully saturated rings. The molecule has 1 atom stereocenters. The Morgan fingerprint density at radius 1 is 1.15 bits per heavy atom. The number of carbonyl (C=O) groups excluding carboxylic acids is 1. The van der Waals surface area contributed by atoms with Crippen LogP contribution in [0.25, 0.3) is 0 Å². The molecule has 2 saturated heterocycles. The number of likely N-dealkylation sites (tertiary alicyclic amines) is 1. The molecule has 1 aromatic rings. The first-order chi connectivity index (χ1) is 12.7. The average Bonchev–Trinajstić information content (AvgIpc) is 2.69. The number of piperidine rings is 1. The van der Waals surface area contributed by atoms with Gasteiger partial charge in [-0.05, 0) is 50.8 Å². The molecule has 144 valence electrons. The highest BCUT2D eigenvalue weighted by Gasteiger charge is 2.26. The Labute approximate surface area is 158 Å². The second-order valence-corrected chi connectivity index (χ2v) is 7.73. The number of hydrogen-bond donors (Lipinski definition) is 2. The van der Waals surface area contributed by atoms with Gasteiger partial charge in [-0.2, -0.15) is 0 Å². The van der Waals surface area contributed by atoms with E-state index in [1.54, 1.807) is 0 Å². The van der Waals surface area contributed by atoms with Gasteiger partial charge in [0.15, 0.2) is 0 Å². The maximum absolute atomic E-state index is 12.5. The minimum absolute atomic E-state index is 0.0179. The minimum atomic E-state index is -0.0179. The normalized spacial score (nSPS) is 21.4. The van der Waals surface area contributed by atoms with Gasteiger partial charge in [0.2, 0.25) is 5.91 Å². The van der Waals surface area contributed by atoms with E-state index in [2.05, 4.69) is 57.7 Å². The van der Waals surface area contributed by atoms with Gasteiger partial charge in [0.05, 0.1) is 6.04 Å². The lowest BCUT2D eigenvalue weighted by Crippen LogP contribution is -2.50. The van der Waals surface area contributed by atoms with Gasteiger partial charge in [0, 0.05) is 39.3 Å². The summed E-state index contributed by atoms with van der Waals surface area (Å²) in [6, 6.07) is 10.8. The highest BCUT2D eigenvalue weighted by Crippen LogP contribution is 2.22. The zero-order valence-corrected chi connectivity index (χ0v) is 16.1. The van der Waals surface area contributed by atoms with Gasteiger partial charge >= 0.3 is 0 Å². The maximum Gasteiger partial charge on any atom is 0.237 e. The van der Waals surface area contributed by atoms with Gasteiger partial charge in [0.1, 0.15) is 0 Å². The Balaban J connectivity index is 1.34. The summed E-state index contributed by atoms with van der Waals surface area (Å²) in [7, 11) is 0. The van der Waals surface area contributed by atoms with E-state index in [4.69, 9.17) is 0 Å². The molecular formula is C21H34N4O. The lowest BCUT2D eigenvalue weighted by Gasteiger charge is -2.35. The first kappa shape index (κ1) is 19.3. The van der Waals surface area contributed by atoms with Gasteiger partial charge in [-0.1, -0.05) is 30.3 Å². The van der Waals surface area contributed by atoms with Crippen LogP contribution in [0.3, 0.4) is 0 Å².